The minimum atomic E-state index is -1.03. The Morgan fingerprint density at radius 1 is 1.63 bits per heavy atom. The van der Waals surface area contributed by atoms with E-state index in [2.05, 4.69) is 5.16 Å². The van der Waals surface area contributed by atoms with Crippen molar-refractivity contribution in [2.75, 3.05) is 20.0 Å². The van der Waals surface area contributed by atoms with Crippen LogP contribution in [0.1, 0.15) is 22.3 Å². The Morgan fingerprint density at radius 3 is 2.95 bits per heavy atom. The molecule has 1 aromatic rings. The molecule has 1 N–H and O–H groups in total. The number of carbonyl (C=O) groups is 1. The number of fused-ring (bicyclic) bond motifs is 1. The topological polar surface area (TPSA) is 68.1 Å². The first-order chi connectivity index (χ1) is 9.10. The monoisotopic (exact) mass is 301 g/mol. The summed E-state index contributed by atoms with van der Waals surface area (Å²) in [4.78, 5) is 16.7. The van der Waals surface area contributed by atoms with E-state index in [0.29, 0.717) is 34.9 Å². The van der Waals surface area contributed by atoms with E-state index in [1.165, 1.54) is 24.9 Å². The van der Waals surface area contributed by atoms with Crippen LogP contribution in [0.25, 0.3) is 0 Å². The smallest absolute Gasteiger partial charge is 0.336 e. The van der Waals surface area contributed by atoms with E-state index in [9.17, 15) is 9.90 Å². The number of aromatic carboxylic acids is 1. The third kappa shape index (κ3) is 2.50. The number of rotatable bonds is 3. The van der Waals surface area contributed by atoms with E-state index in [1.807, 2.05) is 0 Å². The van der Waals surface area contributed by atoms with E-state index in [4.69, 9.17) is 21.2 Å². The standard InChI is InChI=1S/C12H12ClNO4S/c1-17-14-8-3-4-18-10-7(13)5-6(12(15)16)11(19-2)9(8)10/h5H,3-4H2,1-2H3,(H,15,16). The fourth-order valence-electron chi connectivity index (χ4n) is 1.97. The molecule has 0 bridgehead atoms. The molecule has 0 fully saturated rings. The fourth-order valence-corrected chi connectivity index (χ4v) is 3.00. The van der Waals surface area contributed by atoms with Crippen LogP contribution in [0.3, 0.4) is 0 Å². The molecule has 0 amide bonds. The summed E-state index contributed by atoms with van der Waals surface area (Å²) in [7, 11) is 1.45. The number of thioether (sulfide) groups is 1. The highest BCUT2D eigenvalue weighted by molar-refractivity contribution is 7.98. The van der Waals surface area contributed by atoms with Crippen LogP contribution in [0, 0.1) is 0 Å². The predicted octanol–water partition coefficient (Wildman–Crippen LogP) is 2.89. The zero-order chi connectivity index (χ0) is 14.0. The van der Waals surface area contributed by atoms with Gasteiger partial charge in [0.15, 0.2) is 0 Å². The first-order valence-corrected chi connectivity index (χ1v) is 7.07. The van der Waals surface area contributed by atoms with Gasteiger partial charge in [0.1, 0.15) is 12.9 Å². The normalized spacial score (nSPS) is 15.8. The molecule has 0 aromatic heterocycles. The summed E-state index contributed by atoms with van der Waals surface area (Å²) in [6.45, 7) is 0.440. The molecule has 0 radical (unpaired) electrons. The van der Waals surface area contributed by atoms with Crippen molar-refractivity contribution in [1.29, 1.82) is 0 Å². The van der Waals surface area contributed by atoms with Crippen molar-refractivity contribution >= 4 is 35.0 Å². The highest BCUT2D eigenvalue weighted by atomic mass is 35.5. The maximum Gasteiger partial charge on any atom is 0.336 e. The average Bonchev–Trinajstić information content (AvgIpc) is 2.39. The number of carboxylic acids is 1. The largest absolute Gasteiger partial charge is 0.491 e. The van der Waals surface area contributed by atoms with Crippen molar-refractivity contribution in [2.45, 2.75) is 11.3 Å². The van der Waals surface area contributed by atoms with Gasteiger partial charge in [-0.3, -0.25) is 0 Å². The summed E-state index contributed by atoms with van der Waals surface area (Å²) in [5.41, 5.74) is 1.41. The number of ether oxygens (including phenoxy) is 1. The molecule has 0 saturated heterocycles. The van der Waals surface area contributed by atoms with Gasteiger partial charge in [0, 0.05) is 11.3 Å². The third-order valence-corrected chi connectivity index (χ3v) is 3.81. The number of nitrogens with zero attached hydrogens (tertiary/aromatic N) is 1. The lowest BCUT2D eigenvalue weighted by atomic mass is 10.0. The van der Waals surface area contributed by atoms with Gasteiger partial charge in [-0.15, -0.1) is 11.8 Å². The van der Waals surface area contributed by atoms with Crippen LogP contribution in [0.15, 0.2) is 16.1 Å². The second kappa shape index (κ2) is 5.71. The van der Waals surface area contributed by atoms with Crippen molar-refractivity contribution in [1.82, 2.24) is 0 Å². The number of hydrogen-bond donors (Lipinski definition) is 1. The molecule has 0 aliphatic carbocycles. The van der Waals surface area contributed by atoms with Crippen LogP contribution in [0.5, 0.6) is 5.75 Å². The van der Waals surface area contributed by atoms with E-state index in [-0.39, 0.29) is 10.6 Å². The molecule has 7 heteroatoms. The molecule has 1 aliphatic rings. The first-order valence-electron chi connectivity index (χ1n) is 5.47. The van der Waals surface area contributed by atoms with Crippen LogP contribution < -0.4 is 4.74 Å². The molecule has 1 heterocycles. The van der Waals surface area contributed by atoms with Crippen LogP contribution in [0.4, 0.5) is 0 Å². The molecule has 19 heavy (non-hydrogen) atoms. The van der Waals surface area contributed by atoms with Crippen LogP contribution in [-0.2, 0) is 4.84 Å². The zero-order valence-electron chi connectivity index (χ0n) is 10.4. The lowest BCUT2D eigenvalue weighted by Crippen LogP contribution is -2.19. The molecular weight excluding hydrogens is 290 g/mol. The Kier molecular flexibility index (Phi) is 4.21. The number of halogens is 1. The molecule has 0 atom stereocenters. The van der Waals surface area contributed by atoms with Gasteiger partial charge in [0.2, 0.25) is 0 Å². The van der Waals surface area contributed by atoms with Gasteiger partial charge in [-0.05, 0) is 12.3 Å². The van der Waals surface area contributed by atoms with Gasteiger partial charge in [0.25, 0.3) is 0 Å². The number of carboxylic acid groups (broad SMARTS) is 1. The summed E-state index contributed by atoms with van der Waals surface area (Å²) < 4.78 is 5.53. The molecule has 0 saturated carbocycles. The second-order valence-corrected chi connectivity index (χ2v) is 4.99. The second-order valence-electron chi connectivity index (χ2n) is 3.77. The SMILES string of the molecule is CON=C1CCOc2c(Cl)cc(C(=O)O)c(SC)c21. The van der Waals surface area contributed by atoms with Crippen LogP contribution >= 0.6 is 23.4 Å². The summed E-state index contributed by atoms with van der Waals surface area (Å²) >= 11 is 7.41. The van der Waals surface area contributed by atoms with E-state index >= 15 is 0 Å². The minimum Gasteiger partial charge on any atom is -0.491 e. The minimum absolute atomic E-state index is 0.144. The van der Waals surface area contributed by atoms with Crippen molar-refractivity contribution in [2.24, 2.45) is 5.16 Å². The summed E-state index contributed by atoms with van der Waals surface area (Å²) in [5, 5.41) is 13.5. The Balaban J connectivity index is 2.75. The van der Waals surface area contributed by atoms with Crippen molar-refractivity contribution in [3.8, 4) is 5.75 Å². The zero-order valence-corrected chi connectivity index (χ0v) is 12.0. The molecule has 2 rings (SSSR count). The number of oxime groups is 1. The van der Waals surface area contributed by atoms with Gasteiger partial charge in [-0.25, -0.2) is 4.79 Å². The maximum absolute atomic E-state index is 11.3. The summed E-state index contributed by atoms with van der Waals surface area (Å²) in [6.07, 6.45) is 2.35. The van der Waals surface area contributed by atoms with E-state index in [0.717, 1.165) is 0 Å². The highest BCUT2D eigenvalue weighted by Crippen LogP contribution is 2.41. The molecule has 102 valence electrons. The first kappa shape index (κ1) is 14.0. The molecule has 1 aliphatic heterocycles. The molecular formula is C12H12ClNO4S. The van der Waals surface area contributed by atoms with Crippen LogP contribution in [-0.4, -0.2) is 36.8 Å². The van der Waals surface area contributed by atoms with Gasteiger partial charge in [0.05, 0.1) is 28.5 Å². The van der Waals surface area contributed by atoms with Gasteiger partial charge in [-0.1, -0.05) is 16.8 Å². The van der Waals surface area contributed by atoms with Crippen molar-refractivity contribution in [3.05, 3.63) is 22.2 Å². The Labute approximate surface area is 119 Å². The Bertz CT molecular complexity index is 559. The Hall–Kier alpha value is -1.40. The number of benzene rings is 1. The quantitative estimate of drug-likeness (QED) is 0.687. The maximum atomic E-state index is 11.3. The molecule has 0 unspecified atom stereocenters. The molecule has 5 nitrogen and oxygen atoms in total. The molecule has 0 spiro atoms. The van der Waals surface area contributed by atoms with Gasteiger partial charge < -0.3 is 14.7 Å². The number of hydrogen-bond acceptors (Lipinski definition) is 5. The highest BCUT2D eigenvalue weighted by Gasteiger charge is 2.28. The third-order valence-electron chi connectivity index (χ3n) is 2.70. The Morgan fingerprint density at radius 2 is 2.37 bits per heavy atom. The van der Waals surface area contributed by atoms with E-state index in [1.54, 1.807) is 6.26 Å². The summed E-state index contributed by atoms with van der Waals surface area (Å²) in [6, 6.07) is 1.41. The van der Waals surface area contributed by atoms with Crippen LogP contribution in [0.2, 0.25) is 5.02 Å². The summed E-state index contributed by atoms with van der Waals surface area (Å²) in [5.74, 6) is -0.561. The molecule has 1 aromatic carbocycles. The van der Waals surface area contributed by atoms with E-state index < -0.39 is 5.97 Å². The lowest BCUT2D eigenvalue weighted by molar-refractivity contribution is 0.0693. The van der Waals surface area contributed by atoms with Crippen molar-refractivity contribution < 1.29 is 19.5 Å². The van der Waals surface area contributed by atoms with Gasteiger partial charge >= 0.3 is 5.97 Å². The fraction of sp³-hybridized carbons (Fsp3) is 0.333. The lowest BCUT2D eigenvalue weighted by Gasteiger charge is -2.23. The van der Waals surface area contributed by atoms with Crippen molar-refractivity contribution in [3.63, 3.8) is 0 Å². The van der Waals surface area contributed by atoms with Gasteiger partial charge in [-0.2, -0.15) is 0 Å². The predicted molar refractivity (Wildman–Crippen MR) is 73.9 cm³/mol. The average molecular weight is 302 g/mol.